The van der Waals surface area contributed by atoms with E-state index in [4.69, 9.17) is 5.73 Å². The number of rotatable bonds is 5. The summed E-state index contributed by atoms with van der Waals surface area (Å²) < 4.78 is 31.0. The highest BCUT2D eigenvalue weighted by Crippen LogP contribution is 2.52. The van der Waals surface area contributed by atoms with Gasteiger partial charge >= 0.3 is 0 Å². The Hall–Kier alpha value is -2.91. The van der Waals surface area contributed by atoms with Crippen molar-refractivity contribution in [2.45, 2.75) is 44.1 Å². The van der Waals surface area contributed by atoms with Gasteiger partial charge in [0.1, 0.15) is 11.2 Å². The van der Waals surface area contributed by atoms with E-state index in [1.54, 1.807) is 16.6 Å². The number of pyridine rings is 1. The molecule has 164 valence electrons. The third kappa shape index (κ3) is 3.02. The molecule has 1 saturated heterocycles. The lowest BCUT2D eigenvalue weighted by molar-refractivity contribution is 0.0256. The average Bonchev–Trinajstić information content (AvgIpc) is 3.63. The maximum absolute atomic E-state index is 13.8. The Bertz CT molecular complexity index is 1220. The highest BCUT2D eigenvalue weighted by atomic mass is 19.3. The summed E-state index contributed by atoms with van der Waals surface area (Å²) in [5.74, 6) is -0.836. The minimum Gasteiger partial charge on any atom is -0.382 e. The van der Waals surface area contributed by atoms with Crippen LogP contribution < -0.4 is 16.2 Å². The fourth-order valence-electron chi connectivity index (χ4n) is 5.11. The SMILES string of the molecule is Cn1nc(-c2cn(C(C3CC3)C3CC3)c(=O)c3c(N)n[nH]c23)cc1N1CCC(F)(F)C1. The lowest BCUT2D eigenvalue weighted by Gasteiger charge is -2.20. The van der Waals surface area contributed by atoms with Gasteiger partial charge in [-0.2, -0.15) is 10.2 Å². The van der Waals surface area contributed by atoms with Crippen LogP contribution in [0.15, 0.2) is 17.1 Å². The molecule has 0 bridgehead atoms. The summed E-state index contributed by atoms with van der Waals surface area (Å²) in [7, 11) is 1.75. The Kier molecular flexibility index (Phi) is 3.83. The quantitative estimate of drug-likeness (QED) is 0.650. The van der Waals surface area contributed by atoms with Crippen molar-refractivity contribution in [2.75, 3.05) is 23.7 Å². The first kappa shape index (κ1) is 18.8. The normalized spacial score (nSPS) is 21.0. The Morgan fingerprint density at radius 1 is 1.26 bits per heavy atom. The first-order valence-corrected chi connectivity index (χ1v) is 10.9. The van der Waals surface area contributed by atoms with Crippen molar-refractivity contribution in [1.29, 1.82) is 0 Å². The standard InChI is InChI=1S/C21H25F2N7O/c1-28-15(29-7-6-21(22,23)10-29)8-14(27-28)13-9-30(18(11-2-3-11)12-4-5-12)20(31)16-17(13)25-26-19(16)24/h8-9,11-12,18H,2-7,10H2,1H3,(H3,24,25,26). The molecule has 0 atom stereocenters. The Balaban J connectivity index is 1.50. The van der Waals surface area contributed by atoms with Gasteiger partial charge in [0.05, 0.1) is 17.8 Å². The predicted octanol–water partition coefficient (Wildman–Crippen LogP) is 2.91. The third-order valence-electron chi connectivity index (χ3n) is 6.94. The molecule has 10 heteroatoms. The monoisotopic (exact) mass is 429 g/mol. The molecule has 31 heavy (non-hydrogen) atoms. The van der Waals surface area contributed by atoms with Gasteiger partial charge < -0.3 is 15.2 Å². The number of aromatic nitrogens is 5. The van der Waals surface area contributed by atoms with Crippen LogP contribution in [-0.2, 0) is 7.05 Å². The van der Waals surface area contributed by atoms with Gasteiger partial charge in [0.15, 0.2) is 5.82 Å². The number of anilines is 2. The molecular weight excluding hydrogens is 404 g/mol. The summed E-state index contributed by atoms with van der Waals surface area (Å²) in [5, 5.41) is 12.0. The summed E-state index contributed by atoms with van der Waals surface area (Å²) >= 11 is 0. The van der Waals surface area contributed by atoms with Crippen molar-refractivity contribution in [3.05, 3.63) is 22.6 Å². The maximum atomic E-state index is 13.8. The molecule has 1 aliphatic heterocycles. The minimum absolute atomic E-state index is 0.121. The molecule has 2 aliphatic carbocycles. The number of alkyl halides is 2. The molecular formula is C21H25F2N7O. The number of nitrogens with zero attached hydrogens (tertiary/aromatic N) is 5. The molecule has 3 N–H and O–H groups in total. The van der Waals surface area contributed by atoms with Crippen LogP contribution in [0, 0.1) is 11.8 Å². The molecule has 3 aliphatic rings. The average molecular weight is 429 g/mol. The molecule has 0 spiro atoms. The Morgan fingerprint density at radius 2 is 1.97 bits per heavy atom. The fraction of sp³-hybridized carbons (Fsp3) is 0.571. The summed E-state index contributed by atoms with van der Waals surface area (Å²) in [4.78, 5) is 15.0. The van der Waals surface area contributed by atoms with E-state index in [0.29, 0.717) is 34.3 Å². The van der Waals surface area contributed by atoms with E-state index in [9.17, 15) is 13.6 Å². The molecule has 8 nitrogen and oxygen atoms in total. The first-order chi connectivity index (χ1) is 14.8. The molecule has 3 fully saturated rings. The zero-order valence-corrected chi connectivity index (χ0v) is 17.3. The van der Waals surface area contributed by atoms with Crippen LogP contribution in [0.1, 0.15) is 38.1 Å². The number of nitrogen functional groups attached to an aromatic ring is 1. The van der Waals surface area contributed by atoms with Gasteiger partial charge in [-0.1, -0.05) is 0 Å². The van der Waals surface area contributed by atoms with Crippen LogP contribution in [0.25, 0.3) is 22.2 Å². The van der Waals surface area contributed by atoms with E-state index in [2.05, 4.69) is 15.3 Å². The number of halogens is 2. The van der Waals surface area contributed by atoms with Gasteiger partial charge in [0.25, 0.3) is 11.5 Å². The number of fused-ring (bicyclic) bond motifs is 1. The largest absolute Gasteiger partial charge is 0.382 e. The second-order valence-electron chi connectivity index (χ2n) is 9.32. The van der Waals surface area contributed by atoms with Gasteiger partial charge in [0, 0.05) is 43.9 Å². The zero-order valence-electron chi connectivity index (χ0n) is 17.3. The van der Waals surface area contributed by atoms with Gasteiger partial charge in [-0.15, -0.1) is 0 Å². The highest BCUT2D eigenvalue weighted by Gasteiger charge is 2.43. The molecule has 2 saturated carbocycles. The number of nitrogens with one attached hydrogen (secondary N) is 1. The van der Waals surface area contributed by atoms with E-state index < -0.39 is 5.92 Å². The van der Waals surface area contributed by atoms with Crippen LogP contribution in [0.2, 0.25) is 0 Å². The van der Waals surface area contributed by atoms with E-state index in [1.807, 2.05) is 16.8 Å². The molecule has 3 aromatic rings. The smallest absolute Gasteiger partial charge is 0.266 e. The summed E-state index contributed by atoms with van der Waals surface area (Å²) in [6.07, 6.45) is 6.26. The Labute approximate surface area is 177 Å². The van der Waals surface area contributed by atoms with Crippen LogP contribution in [-0.4, -0.2) is 43.6 Å². The fourth-order valence-corrected chi connectivity index (χ4v) is 5.11. The molecule has 6 rings (SSSR count). The highest BCUT2D eigenvalue weighted by molar-refractivity contribution is 5.97. The van der Waals surface area contributed by atoms with Crippen LogP contribution in [0.3, 0.4) is 0 Å². The second-order valence-corrected chi connectivity index (χ2v) is 9.32. The number of aryl methyl sites for hydroxylation is 1. The van der Waals surface area contributed by atoms with E-state index in [-0.39, 0.29) is 36.9 Å². The lowest BCUT2D eigenvalue weighted by Crippen LogP contribution is -2.27. The van der Waals surface area contributed by atoms with E-state index in [0.717, 1.165) is 31.2 Å². The summed E-state index contributed by atoms with van der Waals surface area (Å²) in [5.41, 5.74) is 7.82. The van der Waals surface area contributed by atoms with Crippen LogP contribution >= 0.6 is 0 Å². The van der Waals surface area contributed by atoms with Crippen molar-refractivity contribution in [2.24, 2.45) is 18.9 Å². The number of nitrogens with two attached hydrogens (primary N) is 1. The number of hydrogen-bond donors (Lipinski definition) is 2. The van der Waals surface area contributed by atoms with Gasteiger partial charge in [-0.3, -0.25) is 14.6 Å². The van der Waals surface area contributed by atoms with Crippen molar-refractivity contribution < 1.29 is 8.78 Å². The molecule has 0 amide bonds. The maximum Gasteiger partial charge on any atom is 0.266 e. The zero-order chi connectivity index (χ0) is 21.5. The Morgan fingerprint density at radius 3 is 2.58 bits per heavy atom. The third-order valence-corrected chi connectivity index (χ3v) is 6.94. The lowest BCUT2D eigenvalue weighted by atomic mass is 10.0. The van der Waals surface area contributed by atoms with E-state index >= 15 is 0 Å². The minimum atomic E-state index is -2.69. The van der Waals surface area contributed by atoms with E-state index in [1.165, 1.54) is 0 Å². The number of hydrogen-bond acceptors (Lipinski definition) is 5. The van der Waals surface area contributed by atoms with Crippen LogP contribution in [0.4, 0.5) is 20.4 Å². The van der Waals surface area contributed by atoms with Crippen molar-refractivity contribution in [3.63, 3.8) is 0 Å². The second kappa shape index (κ2) is 6.30. The summed E-state index contributed by atoms with van der Waals surface area (Å²) in [6, 6.07) is 1.98. The molecule has 0 unspecified atom stereocenters. The van der Waals surface area contributed by atoms with Crippen molar-refractivity contribution >= 4 is 22.5 Å². The summed E-state index contributed by atoms with van der Waals surface area (Å²) in [6.45, 7) is -0.0351. The van der Waals surface area contributed by atoms with Gasteiger partial charge in [-0.05, 0) is 37.5 Å². The first-order valence-electron chi connectivity index (χ1n) is 10.9. The number of H-pyrrole nitrogens is 1. The predicted molar refractivity (Wildman–Crippen MR) is 113 cm³/mol. The van der Waals surface area contributed by atoms with Crippen molar-refractivity contribution in [1.82, 2.24) is 24.5 Å². The van der Waals surface area contributed by atoms with Crippen LogP contribution in [0.5, 0.6) is 0 Å². The molecule has 3 aromatic heterocycles. The number of aromatic amines is 1. The van der Waals surface area contributed by atoms with Gasteiger partial charge in [0.2, 0.25) is 0 Å². The van der Waals surface area contributed by atoms with Crippen molar-refractivity contribution in [3.8, 4) is 11.3 Å². The molecule has 0 aromatic carbocycles. The molecule has 4 heterocycles. The molecule has 0 radical (unpaired) electrons. The van der Waals surface area contributed by atoms with Gasteiger partial charge in [-0.25, -0.2) is 8.78 Å². The topological polar surface area (TPSA) is 97.8 Å².